The first kappa shape index (κ1) is 57.3. The molecule has 1 aliphatic carbocycles. The number of allylic oxidation sites excluding steroid dienone is 7. The Hall–Kier alpha value is -1.74. The van der Waals surface area contributed by atoms with Gasteiger partial charge in [0.15, 0.2) is 0 Å². The summed E-state index contributed by atoms with van der Waals surface area (Å²) in [4.78, 5) is 23.1. The van der Waals surface area contributed by atoms with E-state index in [1.165, 1.54) is 83.5 Å². The van der Waals surface area contributed by atoms with Crippen molar-refractivity contribution in [2.24, 2.45) is 0 Å². The third-order valence-electron chi connectivity index (χ3n) is 10.8. The highest BCUT2D eigenvalue weighted by Gasteiger charge is 2.51. The fraction of sp³-hybridized carbons (Fsp3) is 0.809. The number of unbranched alkanes of at least 4 members (excludes halogenated alkanes) is 18. The molecule has 0 aromatic heterocycles. The van der Waals surface area contributed by atoms with Gasteiger partial charge in [0.05, 0.1) is 19.3 Å². The van der Waals surface area contributed by atoms with E-state index in [4.69, 9.17) is 18.5 Å². The summed E-state index contributed by atoms with van der Waals surface area (Å²) in [7, 11) is -5.04. The Balaban J connectivity index is 2.45. The van der Waals surface area contributed by atoms with E-state index in [-0.39, 0.29) is 13.0 Å². The van der Waals surface area contributed by atoms with Crippen molar-refractivity contribution in [3.63, 3.8) is 0 Å². The normalized spacial score (nSPS) is 23.1. The standard InChI is InChI=1S/C47H85O13P/c1-3-5-7-8-9-10-11-12-13-14-15-19-22-25-28-32-36-57-37-40(38-58-61(55,56)60-47-45(53)43(51)42(50)44(52)46(47)54)59-41(49)35-31-27-24-21-18-16-17-20-23-26-30-34-39(48)33-29-6-4-2/h16-17,21,23-24,26,30,34,39-40,42-48,50-54H,3-15,18-20,22,25,27-29,31-33,35-38H2,1-2H3,(H,55,56)/b17-16-,24-21-,26-23-,34-30+. The first-order valence-electron chi connectivity index (χ1n) is 23.6. The Labute approximate surface area is 367 Å². The van der Waals surface area contributed by atoms with Gasteiger partial charge in [0.1, 0.15) is 42.7 Å². The van der Waals surface area contributed by atoms with Gasteiger partial charge in [0, 0.05) is 13.0 Å². The van der Waals surface area contributed by atoms with Crippen molar-refractivity contribution in [1.82, 2.24) is 0 Å². The maximum absolute atomic E-state index is 12.8. The maximum atomic E-state index is 12.8. The molecule has 0 amide bonds. The summed E-state index contributed by atoms with van der Waals surface area (Å²) < 4.78 is 34.1. The molecule has 0 bridgehead atoms. The lowest BCUT2D eigenvalue weighted by Crippen LogP contribution is -2.64. The van der Waals surface area contributed by atoms with E-state index in [0.29, 0.717) is 19.4 Å². The van der Waals surface area contributed by atoms with Gasteiger partial charge in [-0.1, -0.05) is 178 Å². The van der Waals surface area contributed by atoms with E-state index in [1.807, 2.05) is 36.5 Å². The van der Waals surface area contributed by atoms with Gasteiger partial charge < -0.3 is 45.0 Å². The molecule has 0 heterocycles. The van der Waals surface area contributed by atoms with Gasteiger partial charge >= 0.3 is 13.8 Å². The van der Waals surface area contributed by atoms with Gasteiger partial charge in [-0.15, -0.1) is 0 Å². The van der Waals surface area contributed by atoms with Crippen molar-refractivity contribution in [2.45, 2.75) is 223 Å². The van der Waals surface area contributed by atoms with Crippen LogP contribution in [0.25, 0.3) is 0 Å². The molecule has 7 unspecified atom stereocenters. The lowest BCUT2D eigenvalue weighted by Gasteiger charge is -2.41. The zero-order valence-corrected chi connectivity index (χ0v) is 38.5. The molecule has 1 aliphatic rings. The summed E-state index contributed by atoms with van der Waals surface area (Å²) in [5, 5.41) is 60.1. The largest absolute Gasteiger partial charge is 0.472 e. The van der Waals surface area contributed by atoms with Crippen molar-refractivity contribution >= 4 is 13.8 Å². The van der Waals surface area contributed by atoms with Gasteiger partial charge in [-0.3, -0.25) is 13.8 Å². The minimum absolute atomic E-state index is 0.0905. The second-order valence-electron chi connectivity index (χ2n) is 16.5. The molecule has 356 valence electrons. The first-order valence-corrected chi connectivity index (χ1v) is 25.1. The number of rotatable bonds is 39. The van der Waals surface area contributed by atoms with Crippen LogP contribution in [0.1, 0.15) is 174 Å². The van der Waals surface area contributed by atoms with Crippen LogP contribution in [0.5, 0.6) is 0 Å². The second-order valence-corrected chi connectivity index (χ2v) is 17.9. The molecule has 0 aromatic carbocycles. The molecular weight excluding hydrogens is 803 g/mol. The molecule has 61 heavy (non-hydrogen) atoms. The topological polar surface area (TPSA) is 213 Å². The molecule has 1 rings (SSSR count). The van der Waals surface area contributed by atoms with Gasteiger partial charge in [-0.05, 0) is 38.5 Å². The number of aliphatic hydroxyl groups excluding tert-OH is 6. The summed E-state index contributed by atoms with van der Waals surface area (Å²) in [6.07, 6.45) is 29.3. The molecular formula is C47H85O13P. The van der Waals surface area contributed by atoms with E-state index >= 15 is 0 Å². The summed E-state index contributed by atoms with van der Waals surface area (Å²) in [5.41, 5.74) is 0. The number of esters is 1. The molecule has 0 saturated heterocycles. The number of phosphoric acid groups is 1. The van der Waals surface area contributed by atoms with Crippen molar-refractivity contribution < 1.29 is 63.4 Å². The fourth-order valence-electron chi connectivity index (χ4n) is 6.99. The van der Waals surface area contributed by atoms with Gasteiger partial charge in [-0.2, -0.15) is 0 Å². The summed E-state index contributed by atoms with van der Waals surface area (Å²) in [6, 6.07) is 0. The average Bonchev–Trinajstić information content (AvgIpc) is 3.24. The number of ether oxygens (including phenoxy) is 2. The van der Waals surface area contributed by atoms with Gasteiger partial charge in [0.25, 0.3) is 0 Å². The van der Waals surface area contributed by atoms with Crippen molar-refractivity contribution in [1.29, 1.82) is 0 Å². The van der Waals surface area contributed by atoms with Crippen LogP contribution in [0, 0.1) is 0 Å². The minimum Gasteiger partial charge on any atom is -0.457 e. The zero-order valence-electron chi connectivity index (χ0n) is 37.6. The predicted molar refractivity (Wildman–Crippen MR) is 241 cm³/mol. The Bertz CT molecular complexity index is 1210. The SMILES string of the molecule is CCCCCCCCCCCCCCCCCCOCC(COP(=O)(O)OC1C(O)C(O)C(O)C(O)C1O)OC(=O)CCC/C=C\C/C=C\C/C=C\C=C\C(O)CCCCC. The van der Waals surface area contributed by atoms with E-state index in [9.17, 15) is 44.9 Å². The highest BCUT2D eigenvalue weighted by molar-refractivity contribution is 7.47. The number of aliphatic hydroxyl groups is 6. The Morgan fingerprint density at radius 3 is 1.67 bits per heavy atom. The number of hydrogen-bond donors (Lipinski definition) is 7. The van der Waals surface area contributed by atoms with E-state index in [1.54, 1.807) is 0 Å². The highest BCUT2D eigenvalue weighted by atomic mass is 31.2. The first-order chi connectivity index (χ1) is 29.4. The number of carbonyl (C=O) groups excluding carboxylic acids is 1. The molecule has 0 aromatic rings. The van der Waals surface area contributed by atoms with Crippen LogP contribution in [0.2, 0.25) is 0 Å². The molecule has 0 aliphatic heterocycles. The Morgan fingerprint density at radius 1 is 0.607 bits per heavy atom. The van der Waals surface area contributed by atoms with E-state index in [0.717, 1.165) is 57.8 Å². The summed E-state index contributed by atoms with van der Waals surface area (Å²) in [6.45, 7) is 4.07. The third-order valence-corrected chi connectivity index (χ3v) is 11.8. The average molecular weight is 889 g/mol. The molecule has 1 fully saturated rings. The molecule has 0 spiro atoms. The van der Waals surface area contributed by atoms with Crippen LogP contribution in [-0.2, 0) is 27.9 Å². The molecule has 1 saturated carbocycles. The van der Waals surface area contributed by atoms with Crippen LogP contribution < -0.4 is 0 Å². The quantitative estimate of drug-likeness (QED) is 0.0101. The summed E-state index contributed by atoms with van der Waals surface area (Å²) >= 11 is 0. The predicted octanol–water partition coefficient (Wildman–Crippen LogP) is 8.61. The van der Waals surface area contributed by atoms with Crippen LogP contribution in [0.15, 0.2) is 48.6 Å². The zero-order chi connectivity index (χ0) is 45.0. The highest BCUT2D eigenvalue weighted by Crippen LogP contribution is 2.47. The number of hydrogen-bond acceptors (Lipinski definition) is 12. The second kappa shape index (κ2) is 37.6. The van der Waals surface area contributed by atoms with Crippen LogP contribution in [-0.4, -0.2) is 110 Å². The summed E-state index contributed by atoms with van der Waals surface area (Å²) in [5.74, 6) is -0.547. The van der Waals surface area contributed by atoms with E-state index < -0.39 is 69.2 Å². The Kier molecular flexibility index (Phi) is 35.3. The van der Waals surface area contributed by atoms with Crippen molar-refractivity contribution in [3.8, 4) is 0 Å². The minimum atomic E-state index is -5.04. The van der Waals surface area contributed by atoms with Crippen molar-refractivity contribution in [2.75, 3.05) is 19.8 Å². The van der Waals surface area contributed by atoms with Crippen LogP contribution in [0.4, 0.5) is 0 Å². The van der Waals surface area contributed by atoms with Gasteiger partial charge in [-0.25, -0.2) is 4.57 Å². The molecule has 13 nitrogen and oxygen atoms in total. The van der Waals surface area contributed by atoms with Crippen LogP contribution >= 0.6 is 7.82 Å². The monoisotopic (exact) mass is 889 g/mol. The molecule has 0 radical (unpaired) electrons. The number of phosphoric ester groups is 1. The molecule has 14 heteroatoms. The van der Waals surface area contributed by atoms with Crippen LogP contribution in [0.3, 0.4) is 0 Å². The fourth-order valence-corrected chi connectivity index (χ4v) is 7.96. The lowest BCUT2D eigenvalue weighted by molar-refractivity contribution is -0.220. The third kappa shape index (κ3) is 30.1. The molecule has 7 N–H and O–H groups in total. The molecule has 7 atom stereocenters. The lowest BCUT2D eigenvalue weighted by atomic mass is 9.85. The maximum Gasteiger partial charge on any atom is 0.472 e. The van der Waals surface area contributed by atoms with Gasteiger partial charge in [0.2, 0.25) is 0 Å². The smallest absolute Gasteiger partial charge is 0.457 e. The number of carbonyl (C=O) groups is 1. The van der Waals surface area contributed by atoms with Crippen molar-refractivity contribution in [3.05, 3.63) is 48.6 Å². The Morgan fingerprint density at radius 2 is 1.10 bits per heavy atom. The van der Waals surface area contributed by atoms with E-state index in [2.05, 4.69) is 26.0 Å².